The Labute approximate surface area is 214 Å². The van der Waals surface area contributed by atoms with Crippen molar-refractivity contribution in [2.24, 2.45) is 28.6 Å². The number of imidazole rings is 1. The summed E-state index contributed by atoms with van der Waals surface area (Å²) in [6.07, 6.45) is 19.9. The van der Waals surface area contributed by atoms with Crippen LogP contribution >= 0.6 is 0 Å². The van der Waals surface area contributed by atoms with Crippen LogP contribution < -0.4 is 0 Å². The van der Waals surface area contributed by atoms with E-state index >= 15 is 0 Å². The number of fused-ring (bicyclic) bond motifs is 6. The van der Waals surface area contributed by atoms with E-state index in [0.717, 1.165) is 29.7 Å². The number of allylic oxidation sites excluding steroid dienone is 3. The summed E-state index contributed by atoms with van der Waals surface area (Å²) in [6, 6.07) is 12.7. The van der Waals surface area contributed by atoms with E-state index in [4.69, 9.17) is 9.72 Å². The van der Waals surface area contributed by atoms with Gasteiger partial charge in [0.15, 0.2) is 0 Å². The lowest BCUT2D eigenvalue weighted by atomic mass is 9.47. The van der Waals surface area contributed by atoms with Crippen LogP contribution in [0.1, 0.15) is 64.4 Å². The molecular weight excluding hydrogens is 442 g/mol. The quantitative estimate of drug-likeness (QED) is 0.365. The van der Waals surface area contributed by atoms with E-state index in [-0.39, 0.29) is 5.41 Å². The van der Waals surface area contributed by atoms with Crippen molar-refractivity contribution in [3.63, 3.8) is 0 Å². The van der Waals surface area contributed by atoms with Gasteiger partial charge in [0, 0.05) is 23.5 Å². The van der Waals surface area contributed by atoms with E-state index < -0.39 is 0 Å². The number of pyridine rings is 1. The third kappa shape index (κ3) is 3.37. The maximum Gasteiger partial charge on any atom is 0.100 e. The lowest BCUT2D eigenvalue weighted by molar-refractivity contribution is -0.0428. The monoisotopic (exact) mass is 479 g/mol. The number of rotatable bonds is 4. The molecule has 4 heteroatoms. The normalized spacial score (nSPS) is 35.5. The molecule has 0 aliphatic heterocycles. The highest BCUT2D eigenvalue weighted by atomic mass is 16.5. The van der Waals surface area contributed by atoms with E-state index in [0.29, 0.717) is 18.1 Å². The molecule has 6 atom stereocenters. The van der Waals surface area contributed by atoms with E-state index in [1.807, 2.05) is 12.4 Å². The van der Waals surface area contributed by atoms with E-state index in [9.17, 15) is 0 Å². The van der Waals surface area contributed by atoms with Crippen molar-refractivity contribution in [2.75, 3.05) is 0 Å². The van der Waals surface area contributed by atoms with Gasteiger partial charge in [-0.15, -0.1) is 0 Å². The summed E-state index contributed by atoms with van der Waals surface area (Å²) in [5.74, 6) is 2.29. The molecule has 1 unspecified atom stereocenters. The predicted octanol–water partition coefficient (Wildman–Crippen LogP) is 7.43. The van der Waals surface area contributed by atoms with Gasteiger partial charge in [0.2, 0.25) is 0 Å². The number of para-hydroxylation sites is 2. The van der Waals surface area contributed by atoms with Crippen molar-refractivity contribution in [3.05, 3.63) is 78.4 Å². The zero-order valence-corrected chi connectivity index (χ0v) is 21.6. The Morgan fingerprint density at radius 3 is 2.67 bits per heavy atom. The van der Waals surface area contributed by atoms with Gasteiger partial charge in [0.1, 0.15) is 6.33 Å². The van der Waals surface area contributed by atoms with Crippen LogP contribution in [0.15, 0.2) is 72.8 Å². The van der Waals surface area contributed by atoms with Crippen molar-refractivity contribution >= 4 is 16.7 Å². The maximum absolute atomic E-state index is 6.39. The fraction of sp³-hybridized carbons (Fsp3) is 0.500. The van der Waals surface area contributed by atoms with Gasteiger partial charge in [-0.25, -0.2) is 4.98 Å². The van der Waals surface area contributed by atoms with Gasteiger partial charge in [-0.05, 0) is 97.9 Å². The predicted molar refractivity (Wildman–Crippen MR) is 144 cm³/mol. The minimum absolute atomic E-state index is 0.233. The van der Waals surface area contributed by atoms with Crippen molar-refractivity contribution in [2.45, 2.75) is 71.5 Å². The number of aromatic nitrogens is 3. The Hall–Kier alpha value is -2.72. The maximum atomic E-state index is 6.39. The van der Waals surface area contributed by atoms with Crippen LogP contribution in [0.5, 0.6) is 0 Å². The summed E-state index contributed by atoms with van der Waals surface area (Å²) >= 11 is 0. The number of nitrogens with zero attached hydrogens (tertiary/aromatic N) is 3. The molecule has 4 nitrogen and oxygen atoms in total. The third-order valence-corrected chi connectivity index (χ3v) is 10.5. The molecule has 0 amide bonds. The first-order valence-electron chi connectivity index (χ1n) is 13.9. The molecule has 4 aliphatic rings. The highest BCUT2D eigenvalue weighted by Crippen LogP contribution is 2.65. The standard InChI is InChI=1S/C32H37N3O/c1-31-15-11-24(36-20-22-13-17-33-18-14-22)19-23(31)7-8-25-26-9-10-30(32(26,2)16-12-27(25)31)35-21-34-28-5-3-4-6-29(28)35/h3-7,10,13-14,17-18,21,24-27H,8-9,11-12,15-16,19-20H2,1-2H3/t24?,25-,26-,27-,31-,32-/m0/s1. The van der Waals surface area contributed by atoms with Crippen molar-refractivity contribution < 1.29 is 4.74 Å². The molecule has 4 aliphatic carbocycles. The van der Waals surface area contributed by atoms with Gasteiger partial charge in [-0.1, -0.05) is 43.7 Å². The lowest BCUT2D eigenvalue weighted by Crippen LogP contribution is -2.50. The molecule has 3 aromatic rings. The zero-order valence-electron chi connectivity index (χ0n) is 21.6. The minimum Gasteiger partial charge on any atom is -0.373 e. The van der Waals surface area contributed by atoms with Crippen molar-refractivity contribution in [3.8, 4) is 0 Å². The van der Waals surface area contributed by atoms with Crippen LogP contribution in [-0.4, -0.2) is 20.6 Å². The van der Waals surface area contributed by atoms with Gasteiger partial charge < -0.3 is 9.30 Å². The highest BCUT2D eigenvalue weighted by molar-refractivity contribution is 5.80. The van der Waals surface area contributed by atoms with E-state index in [2.05, 4.69) is 78.3 Å². The SMILES string of the molecule is C[C@]12CCC(OCc3ccncc3)CC1=CC[C@@H]1[C@@H]2CC[C@]2(C)C(n3cnc4ccccc43)=CC[C@@H]12. The molecule has 0 spiro atoms. The fourth-order valence-corrected chi connectivity index (χ4v) is 8.53. The fourth-order valence-electron chi connectivity index (χ4n) is 8.53. The third-order valence-electron chi connectivity index (χ3n) is 10.5. The first-order chi connectivity index (χ1) is 17.6. The molecule has 0 N–H and O–H groups in total. The summed E-state index contributed by atoms with van der Waals surface area (Å²) in [4.78, 5) is 8.85. The first kappa shape index (κ1) is 22.5. The lowest BCUT2D eigenvalue weighted by Gasteiger charge is -2.57. The Morgan fingerprint density at radius 2 is 1.78 bits per heavy atom. The smallest absolute Gasteiger partial charge is 0.100 e. The molecule has 1 aromatic carbocycles. The summed E-state index contributed by atoms with van der Waals surface area (Å²) in [7, 11) is 0. The average Bonchev–Trinajstić information content (AvgIpc) is 3.48. The Kier molecular flexibility index (Phi) is 5.25. The van der Waals surface area contributed by atoms with Gasteiger partial charge >= 0.3 is 0 Å². The molecule has 0 bridgehead atoms. The van der Waals surface area contributed by atoms with Crippen LogP contribution in [0, 0.1) is 28.6 Å². The summed E-state index contributed by atoms with van der Waals surface area (Å²) < 4.78 is 8.78. The van der Waals surface area contributed by atoms with Crippen LogP contribution in [0.3, 0.4) is 0 Å². The second-order valence-electron chi connectivity index (χ2n) is 12.2. The number of hydrogen-bond donors (Lipinski definition) is 0. The molecule has 7 rings (SSSR count). The summed E-state index contributed by atoms with van der Waals surface area (Å²) in [5, 5.41) is 0. The average molecular weight is 480 g/mol. The second-order valence-corrected chi connectivity index (χ2v) is 12.2. The minimum atomic E-state index is 0.233. The summed E-state index contributed by atoms with van der Waals surface area (Å²) in [6.45, 7) is 5.83. The molecule has 186 valence electrons. The molecule has 2 aromatic heterocycles. The molecular formula is C32H37N3O. The topological polar surface area (TPSA) is 39.9 Å². The highest BCUT2D eigenvalue weighted by Gasteiger charge is 2.57. The van der Waals surface area contributed by atoms with Gasteiger partial charge in [0.05, 0.1) is 23.7 Å². The molecule has 0 saturated heterocycles. The van der Waals surface area contributed by atoms with Gasteiger partial charge in [-0.2, -0.15) is 0 Å². The van der Waals surface area contributed by atoms with Crippen LogP contribution in [0.4, 0.5) is 0 Å². The van der Waals surface area contributed by atoms with Gasteiger partial charge in [0.25, 0.3) is 0 Å². The zero-order chi connectivity index (χ0) is 24.3. The van der Waals surface area contributed by atoms with E-state index in [1.165, 1.54) is 55.3 Å². The number of hydrogen-bond acceptors (Lipinski definition) is 3. The Morgan fingerprint density at radius 1 is 0.944 bits per heavy atom. The summed E-state index contributed by atoms with van der Waals surface area (Å²) in [5.41, 5.74) is 7.31. The van der Waals surface area contributed by atoms with Crippen molar-refractivity contribution in [1.82, 2.24) is 14.5 Å². The second kappa shape index (κ2) is 8.41. The van der Waals surface area contributed by atoms with Crippen LogP contribution in [0.25, 0.3) is 16.7 Å². The molecule has 0 radical (unpaired) electrons. The largest absolute Gasteiger partial charge is 0.373 e. The molecule has 36 heavy (non-hydrogen) atoms. The van der Waals surface area contributed by atoms with Crippen LogP contribution in [0.2, 0.25) is 0 Å². The molecule has 2 heterocycles. The van der Waals surface area contributed by atoms with Crippen LogP contribution in [-0.2, 0) is 11.3 Å². The number of benzene rings is 1. The molecule has 2 saturated carbocycles. The van der Waals surface area contributed by atoms with Gasteiger partial charge in [-0.3, -0.25) is 4.98 Å². The first-order valence-corrected chi connectivity index (χ1v) is 13.9. The van der Waals surface area contributed by atoms with Crippen molar-refractivity contribution in [1.29, 1.82) is 0 Å². The number of ether oxygens (including phenoxy) is 1. The Balaban J connectivity index is 1.11. The van der Waals surface area contributed by atoms with E-state index in [1.54, 1.807) is 5.57 Å². The molecule has 2 fully saturated rings. The Bertz CT molecular complexity index is 1340.